The van der Waals surface area contributed by atoms with Crippen LogP contribution in [0.2, 0.25) is 0 Å². The van der Waals surface area contributed by atoms with Crippen LogP contribution in [0, 0.1) is 17.0 Å². The lowest BCUT2D eigenvalue weighted by atomic mass is 10.1. The maximum absolute atomic E-state index is 12.2. The smallest absolute Gasteiger partial charge is 0.269 e. The number of nitro benzene ring substituents is 1. The molecule has 3 aromatic rings. The minimum atomic E-state index is -0.417. The number of carbonyl (C=O) groups is 1. The molecule has 0 spiro atoms. The molecule has 0 aliphatic heterocycles. The molecule has 0 aliphatic rings. The predicted octanol–water partition coefficient (Wildman–Crippen LogP) is 5.31. The molecular weight excluding hydrogens is 348 g/mol. The molecule has 6 heteroatoms. The molecule has 1 N–H and O–H groups in total. The number of hydrogen-bond acceptors (Lipinski definition) is 4. The van der Waals surface area contributed by atoms with Crippen molar-refractivity contribution in [3.8, 4) is 0 Å². The average Bonchev–Trinajstić information content (AvgIpc) is 2.64. The summed E-state index contributed by atoms with van der Waals surface area (Å²) in [5.41, 5.74) is 2.50. The van der Waals surface area contributed by atoms with Crippen molar-refractivity contribution in [2.45, 2.75) is 16.7 Å². The van der Waals surface area contributed by atoms with Gasteiger partial charge in [0.15, 0.2) is 0 Å². The molecule has 0 fully saturated rings. The standard InChI is InChI=1S/C20H16N2O3S/c1-14-2-4-15(5-3-14)20(23)21-16-6-10-18(11-7-16)26-19-12-8-17(9-13-19)22(24)25/h2-13H,1H3,(H,21,23). The first-order valence-electron chi connectivity index (χ1n) is 7.92. The zero-order valence-electron chi connectivity index (χ0n) is 14.0. The van der Waals surface area contributed by atoms with Gasteiger partial charge in [-0.25, -0.2) is 0 Å². The Balaban J connectivity index is 1.63. The number of amides is 1. The Kier molecular flexibility index (Phi) is 5.34. The van der Waals surface area contributed by atoms with Crippen molar-refractivity contribution >= 4 is 29.0 Å². The van der Waals surface area contributed by atoms with Crippen molar-refractivity contribution < 1.29 is 9.72 Å². The first-order chi connectivity index (χ1) is 12.5. The summed E-state index contributed by atoms with van der Waals surface area (Å²) < 4.78 is 0. The molecule has 0 radical (unpaired) electrons. The molecule has 130 valence electrons. The van der Waals surface area contributed by atoms with E-state index in [0.717, 1.165) is 15.4 Å². The van der Waals surface area contributed by atoms with Crippen LogP contribution < -0.4 is 5.32 Å². The Morgan fingerprint density at radius 2 is 1.42 bits per heavy atom. The van der Waals surface area contributed by atoms with Crippen LogP contribution in [0.4, 0.5) is 11.4 Å². The molecule has 0 saturated carbocycles. The Morgan fingerprint density at radius 3 is 1.96 bits per heavy atom. The summed E-state index contributed by atoms with van der Waals surface area (Å²) in [6, 6.07) is 21.3. The lowest BCUT2D eigenvalue weighted by Gasteiger charge is -2.07. The topological polar surface area (TPSA) is 72.2 Å². The maximum Gasteiger partial charge on any atom is 0.269 e. The van der Waals surface area contributed by atoms with E-state index in [9.17, 15) is 14.9 Å². The van der Waals surface area contributed by atoms with Gasteiger partial charge in [-0.1, -0.05) is 29.5 Å². The van der Waals surface area contributed by atoms with Gasteiger partial charge in [-0.15, -0.1) is 0 Å². The molecule has 0 heterocycles. The molecule has 26 heavy (non-hydrogen) atoms. The molecule has 3 aromatic carbocycles. The number of rotatable bonds is 5. The number of hydrogen-bond donors (Lipinski definition) is 1. The van der Waals surface area contributed by atoms with Crippen molar-refractivity contribution in [3.05, 3.63) is 94.0 Å². The largest absolute Gasteiger partial charge is 0.322 e. The highest BCUT2D eigenvalue weighted by atomic mass is 32.2. The van der Waals surface area contributed by atoms with Crippen LogP contribution >= 0.6 is 11.8 Å². The first-order valence-corrected chi connectivity index (χ1v) is 8.73. The van der Waals surface area contributed by atoms with Crippen molar-refractivity contribution in [2.24, 2.45) is 0 Å². The van der Waals surface area contributed by atoms with Crippen LogP contribution in [0.1, 0.15) is 15.9 Å². The molecule has 0 atom stereocenters. The zero-order chi connectivity index (χ0) is 18.5. The number of anilines is 1. The fraction of sp³-hybridized carbons (Fsp3) is 0.0500. The molecule has 3 rings (SSSR count). The van der Waals surface area contributed by atoms with Crippen molar-refractivity contribution in [2.75, 3.05) is 5.32 Å². The van der Waals surface area contributed by atoms with Gasteiger partial charge in [0.25, 0.3) is 11.6 Å². The van der Waals surface area contributed by atoms with Crippen LogP contribution in [-0.4, -0.2) is 10.8 Å². The van der Waals surface area contributed by atoms with Crippen molar-refractivity contribution in [1.82, 2.24) is 0 Å². The molecular formula is C20H16N2O3S. The lowest BCUT2D eigenvalue weighted by Crippen LogP contribution is -2.11. The summed E-state index contributed by atoms with van der Waals surface area (Å²) in [6.45, 7) is 1.98. The Labute approximate surface area is 155 Å². The van der Waals surface area contributed by atoms with Crippen molar-refractivity contribution in [1.29, 1.82) is 0 Å². The van der Waals surface area contributed by atoms with E-state index in [2.05, 4.69) is 5.32 Å². The van der Waals surface area contributed by atoms with Gasteiger partial charge < -0.3 is 5.32 Å². The summed E-state index contributed by atoms with van der Waals surface area (Å²) >= 11 is 1.50. The summed E-state index contributed by atoms with van der Waals surface area (Å²) in [5.74, 6) is -0.152. The number of nitrogens with zero attached hydrogens (tertiary/aromatic N) is 1. The van der Waals surface area contributed by atoms with E-state index < -0.39 is 4.92 Å². The summed E-state index contributed by atoms with van der Waals surface area (Å²) in [6.07, 6.45) is 0. The second-order valence-electron chi connectivity index (χ2n) is 5.70. The third-order valence-corrected chi connectivity index (χ3v) is 4.72. The first kappa shape index (κ1) is 17.7. The molecule has 1 amide bonds. The second-order valence-corrected chi connectivity index (χ2v) is 6.84. The summed E-state index contributed by atoms with van der Waals surface area (Å²) in [5, 5.41) is 13.5. The molecule has 0 unspecified atom stereocenters. The van der Waals surface area contributed by atoms with Gasteiger partial charge in [-0.2, -0.15) is 0 Å². The van der Waals surface area contributed by atoms with Gasteiger partial charge in [-0.05, 0) is 55.5 Å². The quantitative estimate of drug-likeness (QED) is 0.492. The molecule has 0 saturated heterocycles. The van der Waals surface area contributed by atoms with Gasteiger partial charge in [0.2, 0.25) is 0 Å². The third kappa shape index (κ3) is 4.49. The third-order valence-electron chi connectivity index (χ3n) is 3.71. The number of nitro groups is 1. The van der Waals surface area contributed by atoms with Crippen LogP contribution in [-0.2, 0) is 0 Å². The minimum absolute atomic E-state index is 0.0727. The van der Waals surface area contributed by atoms with E-state index in [4.69, 9.17) is 0 Å². The number of carbonyl (C=O) groups excluding carboxylic acids is 1. The van der Waals surface area contributed by atoms with E-state index in [1.54, 1.807) is 24.3 Å². The van der Waals surface area contributed by atoms with E-state index in [1.807, 2.05) is 43.3 Å². The Bertz CT molecular complexity index is 921. The summed E-state index contributed by atoms with van der Waals surface area (Å²) in [7, 11) is 0. The van der Waals surface area contributed by atoms with E-state index in [1.165, 1.54) is 23.9 Å². The number of aryl methyl sites for hydroxylation is 1. The van der Waals surface area contributed by atoms with Crippen LogP contribution in [0.25, 0.3) is 0 Å². The fourth-order valence-electron chi connectivity index (χ4n) is 2.29. The summed E-state index contributed by atoms with van der Waals surface area (Å²) in [4.78, 5) is 24.4. The fourth-order valence-corrected chi connectivity index (χ4v) is 3.10. The van der Waals surface area contributed by atoms with Crippen LogP contribution in [0.5, 0.6) is 0 Å². The highest BCUT2D eigenvalue weighted by molar-refractivity contribution is 7.99. The maximum atomic E-state index is 12.2. The van der Waals surface area contributed by atoms with Gasteiger partial charge in [0, 0.05) is 33.2 Å². The predicted molar refractivity (Wildman–Crippen MR) is 103 cm³/mol. The zero-order valence-corrected chi connectivity index (χ0v) is 14.8. The van der Waals surface area contributed by atoms with Gasteiger partial charge >= 0.3 is 0 Å². The number of nitrogens with one attached hydrogen (secondary N) is 1. The second kappa shape index (κ2) is 7.84. The highest BCUT2D eigenvalue weighted by Crippen LogP contribution is 2.29. The molecule has 5 nitrogen and oxygen atoms in total. The highest BCUT2D eigenvalue weighted by Gasteiger charge is 2.07. The Hall–Kier alpha value is -3.12. The van der Waals surface area contributed by atoms with Crippen molar-refractivity contribution in [3.63, 3.8) is 0 Å². The lowest BCUT2D eigenvalue weighted by molar-refractivity contribution is -0.384. The average molecular weight is 364 g/mol. The molecule has 0 bridgehead atoms. The SMILES string of the molecule is Cc1ccc(C(=O)Nc2ccc(Sc3ccc([N+](=O)[O-])cc3)cc2)cc1. The molecule has 0 aliphatic carbocycles. The van der Waals surface area contributed by atoms with Gasteiger partial charge in [-0.3, -0.25) is 14.9 Å². The van der Waals surface area contributed by atoms with Crippen LogP contribution in [0.3, 0.4) is 0 Å². The van der Waals surface area contributed by atoms with Crippen LogP contribution in [0.15, 0.2) is 82.6 Å². The molecule has 0 aromatic heterocycles. The normalized spacial score (nSPS) is 10.3. The van der Waals surface area contributed by atoms with E-state index in [-0.39, 0.29) is 11.6 Å². The number of benzene rings is 3. The van der Waals surface area contributed by atoms with Gasteiger partial charge in [0.05, 0.1) is 4.92 Å². The Morgan fingerprint density at radius 1 is 0.885 bits per heavy atom. The van der Waals surface area contributed by atoms with E-state index >= 15 is 0 Å². The minimum Gasteiger partial charge on any atom is -0.322 e. The monoisotopic (exact) mass is 364 g/mol. The number of non-ortho nitro benzene ring substituents is 1. The van der Waals surface area contributed by atoms with Gasteiger partial charge in [0.1, 0.15) is 0 Å². The van der Waals surface area contributed by atoms with E-state index in [0.29, 0.717) is 11.3 Å².